The Kier molecular flexibility index (Phi) is 3.89. The number of benzene rings is 1. The van der Waals surface area contributed by atoms with Gasteiger partial charge in [-0.15, -0.1) is 0 Å². The minimum absolute atomic E-state index is 0.173. The van der Waals surface area contributed by atoms with Crippen molar-refractivity contribution in [1.82, 2.24) is 9.80 Å². The van der Waals surface area contributed by atoms with E-state index < -0.39 is 0 Å². The fourth-order valence-corrected chi connectivity index (χ4v) is 3.89. The average Bonchev–Trinajstić information content (AvgIpc) is 2.70. The van der Waals surface area contributed by atoms with E-state index in [1.807, 2.05) is 24.1 Å². The second kappa shape index (κ2) is 5.68. The Morgan fingerprint density at radius 2 is 1.81 bits per heavy atom. The maximum absolute atomic E-state index is 11.6. The van der Waals surface area contributed by atoms with Crippen molar-refractivity contribution in [3.8, 4) is 5.75 Å². The number of phenols is 1. The van der Waals surface area contributed by atoms with Crippen molar-refractivity contribution in [2.45, 2.75) is 57.3 Å². The third-order valence-corrected chi connectivity index (χ3v) is 5.21. The summed E-state index contributed by atoms with van der Waals surface area (Å²) in [4.78, 5) is 16.1. The molecule has 0 unspecified atom stereocenters. The summed E-state index contributed by atoms with van der Waals surface area (Å²) < 4.78 is 0. The quantitative estimate of drug-likeness (QED) is 0.928. The van der Waals surface area contributed by atoms with Gasteiger partial charge in [0.15, 0.2) is 0 Å². The van der Waals surface area contributed by atoms with Crippen LogP contribution in [0.15, 0.2) is 24.3 Å². The van der Waals surface area contributed by atoms with E-state index in [1.54, 1.807) is 19.1 Å². The van der Waals surface area contributed by atoms with Gasteiger partial charge in [-0.25, -0.2) is 0 Å². The highest BCUT2D eigenvalue weighted by Crippen LogP contribution is 2.38. The molecule has 0 aromatic heterocycles. The molecule has 2 saturated heterocycles. The lowest BCUT2D eigenvalue weighted by molar-refractivity contribution is -0.131. The molecule has 0 spiro atoms. The summed E-state index contributed by atoms with van der Waals surface area (Å²) in [7, 11) is 1.93. The van der Waals surface area contributed by atoms with Crippen LogP contribution >= 0.6 is 0 Å². The number of phenolic OH excluding ortho intramolecular Hbond substituents is 1. The molecule has 4 nitrogen and oxygen atoms in total. The van der Waals surface area contributed by atoms with Gasteiger partial charge in [-0.3, -0.25) is 9.69 Å². The van der Waals surface area contributed by atoms with Gasteiger partial charge in [0.25, 0.3) is 0 Å². The number of hydrogen-bond donors (Lipinski definition) is 1. The molecule has 2 fully saturated rings. The highest BCUT2D eigenvalue weighted by Gasteiger charge is 2.41. The van der Waals surface area contributed by atoms with Gasteiger partial charge in [0.1, 0.15) is 5.75 Å². The van der Waals surface area contributed by atoms with E-state index in [-0.39, 0.29) is 5.91 Å². The van der Waals surface area contributed by atoms with Crippen LogP contribution in [0.25, 0.3) is 0 Å². The maximum atomic E-state index is 11.6. The maximum Gasteiger partial charge on any atom is 0.219 e. The van der Waals surface area contributed by atoms with Gasteiger partial charge in [0.05, 0.1) is 0 Å². The van der Waals surface area contributed by atoms with Crippen molar-refractivity contribution in [3.05, 3.63) is 29.8 Å². The van der Waals surface area contributed by atoms with Crippen LogP contribution in [0.1, 0.15) is 38.2 Å². The van der Waals surface area contributed by atoms with E-state index in [9.17, 15) is 9.90 Å². The molecule has 0 aliphatic carbocycles. The van der Waals surface area contributed by atoms with Gasteiger partial charge < -0.3 is 10.0 Å². The van der Waals surface area contributed by atoms with E-state index in [2.05, 4.69) is 4.90 Å². The number of fused-ring (bicyclic) bond motifs is 2. The minimum Gasteiger partial charge on any atom is -0.508 e. The number of hydrogen-bond acceptors (Lipinski definition) is 3. The van der Waals surface area contributed by atoms with Crippen molar-refractivity contribution in [1.29, 1.82) is 0 Å². The summed E-state index contributed by atoms with van der Waals surface area (Å²) in [5.74, 6) is 0.495. The Bertz CT molecular complexity index is 500. The molecule has 2 aliphatic heterocycles. The van der Waals surface area contributed by atoms with Gasteiger partial charge >= 0.3 is 0 Å². The first-order chi connectivity index (χ1) is 10.0. The van der Waals surface area contributed by atoms with Crippen molar-refractivity contribution in [3.63, 3.8) is 0 Å². The zero-order valence-corrected chi connectivity index (χ0v) is 12.8. The number of nitrogens with zero attached hydrogens (tertiary/aromatic N) is 2. The molecule has 2 heterocycles. The Morgan fingerprint density at radius 3 is 2.33 bits per heavy atom. The Balaban J connectivity index is 1.67. The second-order valence-corrected chi connectivity index (χ2v) is 6.48. The molecule has 2 bridgehead atoms. The van der Waals surface area contributed by atoms with Crippen LogP contribution in [0.2, 0.25) is 0 Å². The molecular weight excluding hydrogens is 264 g/mol. The summed E-state index contributed by atoms with van der Waals surface area (Å²) in [6.07, 6.45) is 4.66. The summed E-state index contributed by atoms with van der Waals surface area (Å²) in [5, 5.41) is 9.38. The molecule has 114 valence electrons. The van der Waals surface area contributed by atoms with Crippen LogP contribution in [0.5, 0.6) is 5.75 Å². The number of aromatic hydroxyl groups is 1. The van der Waals surface area contributed by atoms with E-state index in [0.29, 0.717) is 23.9 Å². The predicted octanol–water partition coefficient (Wildman–Crippen LogP) is 2.37. The predicted molar refractivity (Wildman–Crippen MR) is 81.9 cm³/mol. The number of piperidine rings is 1. The van der Waals surface area contributed by atoms with Crippen LogP contribution in [-0.2, 0) is 11.3 Å². The largest absolute Gasteiger partial charge is 0.508 e. The first-order valence-corrected chi connectivity index (χ1v) is 7.81. The zero-order chi connectivity index (χ0) is 15.0. The molecule has 1 aromatic rings. The third-order valence-electron chi connectivity index (χ3n) is 5.21. The van der Waals surface area contributed by atoms with Crippen molar-refractivity contribution in [2.75, 3.05) is 7.05 Å². The monoisotopic (exact) mass is 288 g/mol. The lowest BCUT2D eigenvalue weighted by Crippen LogP contribution is -2.50. The lowest BCUT2D eigenvalue weighted by Gasteiger charge is -2.42. The molecule has 2 aliphatic rings. The smallest absolute Gasteiger partial charge is 0.219 e. The lowest BCUT2D eigenvalue weighted by atomic mass is 9.95. The molecule has 0 radical (unpaired) electrons. The zero-order valence-electron chi connectivity index (χ0n) is 12.8. The van der Waals surface area contributed by atoms with E-state index in [4.69, 9.17) is 0 Å². The van der Waals surface area contributed by atoms with Crippen LogP contribution in [0.4, 0.5) is 0 Å². The topological polar surface area (TPSA) is 43.8 Å². The highest BCUT2D eigenvalue weighted by atomic mass is 16.3. The fourth-order valence-electron chi connectivity index (χ4n) is 3.89. The molecular formula is C17H24N2O2. The van der Waals surface area contributed by atoms with Crippen LogP contribution in [-0.4, -0.2) is 46.0 Å². The second-order valence-electron chi connectivity index (χ2n) is 6.48. The molecule has 21 heavy (non-hydrogen) atoms. The summed E-state index contributed by atoms with van der Waals surface area (Å²) in [6.45, 7) is 2.61. The molecule has 1 aromatic carbocycles. The van der Waals surface area contributed by atoms with Crippen molar-refractivity contribution >= 4 is 5.91 Å². The first-order valence-electron chi connectivity index (χ1n) is 7.81. The van der Waals surface area contributed by atoms with Gasteiger partial charge in [0.2, 0.25) is 5.91 Å². The van der Waals surface area contributed by atoms with Gasteiger partial charge in [-0.05, 0) is 43.4 Å². The Labute approximate surface area is 126 Å². The summed E-state index contributed by atoms with van der Waals surface area (Å²) in [6, 6.07) is 9.09. The molecule has 4 heteroatoms. The standard InChI is InChI=1S/C17H24N2O2/c1-12(20)18(2)16-9-14-5-6-15(10-16)19(14)11-13-3-7-17(21)8-4-13/h3-4,7-8,14-16,21H,5-6,9-11H2,1-2H3/t14-,15+,16-. The van der Waals surface area contributed by atoms with Gasteiger partial charge in [-0.1, -0.05) is 12.1 Å². The normalized spacial score (nSPS) is 28.6. The first kappa shape index (κ1) is 14.4. The molecule has 0 saturated carbocycles. The minimum atomic E-state index is 0.173. The molecule has 1 N–H and O–H groups in total. The highest BCUT2D eigenvalue weighted by molar-refractivity contribution is 5.73. The van der Waals surface area contributed by atoms with Crippen LogP contribution in [0, 0.1) is 0 Å². The SMILES string of the molecule is CC(=O)N(C)[C@@H]1C[C@H]2CC[C@@H](C1)N2Cc1ccc(O)cc1. The fraction of sp³-hybridized carbons (Fsp3) is 0.588. The summed E-state index contributed by atoms with van der Waals surface area (Å²) in [5.41, 5.74) is 1.25. The Hall–Kier alpha value is -1.55. The average molecular weight is 288 g/mol. The number of amides is 1. The van der Waals surface area contributed by atoms with E-state index in [1.165, 1.54) is 18.4 Å². The molecule has 1 amide bonds. The number of carbonyl (C=O) groups excluding carboxylic acids is 1. The van der Waals surface area contributed by atoms with E-state index >= 15 is 0 Å². The summed E-state index contributed by atoms with van der Waals surface area (Å²) >= 11 is 0. The molecule has 3 atom stereocenters. The van der Waals surface area contributed by atoms with Gasteiger partial charge in [-0.2, -0.15) is 0 Å². The van der Waals surface area contributed by atoms with Gasteiger partial charge in [0, 0.05) is 38.6 Å². The van der Waals surface area contributed by atoms with Crippen molar-refractivity contribution in [2.24, 2.45) is 0 Å². The Morgan fingerprint density at radius 1 is 1.24 bits per heavy atom. The molecule has 3 rings (SSSR count). The number of rotatable bonds is 3. The van der Waals surface area contributed by atoms with E-state index in [0.717, 1.165) is 19.4 Å². The number of carbonyl (C=O) groups is 1. The van der Waals surface area contributed by atoms with Crippen LogP contribution in [0.3, 0.4) is 0 Å². The van der Waals surface area contributed by atoms with Crippen molar-refractivity contribution < 1.29 is 9.90 Å². The third kappa shape index (κ3) is 2.91. The van der Waals surface area contributed by atoms with Crippen LogP contribution < -0.4 is 0 Å².